The van der Waals surface area contributed by atoms with Gasteiger partial charge in [-0.3, -0.25) is 9.78 Å². The Kier molecular flexibility index (Phi) is 6.41. The van der Waals surface area contributed by atoms with Crippen LogP contribution in [0.25, 0.3) is 16.7 Å². The van der Waals surface area contributed by atoms with Gasteiger partial charge in [-0.1, -0.05) is 25.6 Å². The van der Waals surface area contributed by atoms with E-state index >= 15 is 0 Å². The molecule has 0 saturated heterocycles. The van der Waals surface area contributed by atoms with Gasteiger partial charge >= 0.3 is 0 Å². The molecular weight excluding hydrogens is 365 g/mol. The van der Waals surface area contributed by atoms with Crippen LogP contribution in [-0.4, -0.2) is 30.6 Å². The number of thioether (sulfide) groups is 1. The largest absolute Gasteiger partial charge is 0.278 e. The smallest absolute Gasteiger partial charge is 0.267 e. The van der Waals surface area contributed by atoms with E-state index < -0.39 is 5.67 Å². The van der Waals surface area contributed by atoms with Gasteiger partial charge in [-0.2, -0.15) is 0 Å². The predicted octanol–water partition coefficient (Wildman–Crippen LogP) is 4.51. The molecular formula is C19H26FN5OS. The van der Waals surface area contributed by atoms with Crippen LogP contribution >= 0.6 is 11.8 Å². The molecule has 3 rings (SSSR count). The molecule has 0 atom stereocenters. The van der Waals surface area contributed by atoms with Crippen molar-refractivity contribution in [1.29, 1.82) is 0 Å². The van der Waals surface area contributed by atoms with Crippen molar-refractivity contribution in [3.63, 3.8) is 0 Å². The van der Waals surface area contributed by atoms with Gasteiger partial charge in [0.25, 0.3) is 5.56 Å². The maximum Gasteiger partial charge on any atom is 0.278 e. The molecule has 0 fully saturated rings. The molecule has 0 aromatic carbocycles. The number of hydrogen-bond donors (Lipinski definition) is 0. The predicted molar refractivity (Wildman–Crippen MR) is 109 cm³/mol. The van der Waals surface area contributed by atoms with Gasteiger partial charge in [0, 0.05) is 18.4 Å². The quantitative estimate of drug-likeness (QED) is 0.483. The lowest BCUT2D eigenvalue weighted by Crippen LogP contribution is -2.24. The topological polar surface area (TPSA) is 65.6 Å². The summed E-state index contributed by atoms with van der Waals surface area (Å²) in [6.45, 7) is 10.7. The third-order valence-corrected chi connectivity index (χ3v) is 4.43. The van der Waals surface area contributed by atoms with Gasteiger partial charge in [-0.15, -0.1) is 0 Å². The fraction of sp³-hybridized carbons (Fsp3) is 0.474. The third kappa shape index (κ3) is 4.05. The van der Waals surface area contributed by atoms with Crippen molar-refractivity contribution < 1.29 is 4.39 Å². The van der Waals surface area contributed by atoms with E-state index in [2.05, 4.69) is 15.0 Å². The molecule has 27 heavy (non-hydrogen) atoms. The monoisotopic (exact) mass is 391 g/mol. The molecule has 0 radical (unpaired) electrons. The molecule has 0 saturated carbocycles. The van der Waals surface area contributed by atoms with Crippen molar-refractivity contribution in [1.82, 2.24) is 24.3 Å². The van der Waals surface area contributed by atoms with E-state index in [-0.39, 0.29) is 11.6 Å². The van der Waals surface area contributed by atoms with Gasteiger partial charge in [-0.05, 0) is 46.1 Å². The molecule has 0 N–H and O–H groups in total. The highest BCUT2D eigenvalue weighted by molar-refractivity contribution is 7.98. The molecule has 8 heteroatoms. The number of rotatable bonds is 4. The second kappa shape index (κ2) is 8.21. The summed E-state index contributed by atoms with van der Waals surface area (Å²) in [4.78, 5) is 25.6. The van der Waals surface area contributed by atoms with Crippen molar-refractivity contribution >= 4 is 22.8 Å². The van der Waals surface area contributed by atoms with Crippen molar-refractivity contribution in [3.05, 3.63) is 40.6 Å². The Hall–Kier alpha value is -2.22. The summed E-state index contributed by atoms with van der Waals surface area (Å²) in [5.41, 5.74) is -0.306. The minimum Gasteiger partial charge on any atom is -0.267 e. The second-order valence-corrected chi connectivity index (χ2v) is 7.29. The van der Waals surface area contributed by atoms with E-state index in [1.807, 2.05) is 34.0 Å². The van der Waals surface area contributed by atoms with E-state index in [0.717, 1.165) is 0 Å². The highest BCUT2D eigenvalue weighted by Crippen LogP contribution is 2.26. The first-order valence-electron chi connectivity index (χ1n) is 8.94. The van der Waals surface area contributed by atoms with E-state index in [1.54, 1.807) is 33.9 Å². The van der Waals surface area contributed by atoms with Crippen LogP contribution in [0, 0.1) is 0 Å². The Balaban J connectivity index is 0.00000126. The summed E-state index contributed by atoms with van der Waals surface area (Å²) >= 11 is 1.40. The Labute approximate surface area is 162 Å². The lowest BCUT2D eigenvalue weighted by Gasteiger charge is -2.18. The van der Waals surface area contributed by atoms with Crippen LogP contribution in [-0.2, 0) is 5.67 Å². The zero-order valence-electron chi connectivity index (χ0n) is 16.8. The van der Waals surface area contributed by atoms with Crippen LogP contribution in [0.4, 0.5) is 4.39 Å². The van der Waals surface area contributed by atoms with Crippen LogP contribution < -0.4 is 5.56 Å². The van der Waals surface area contributed by atoms with Crippen molar-refractivity contribution in [2.75, 3.05) is 6.26 Å². The Morgan fingerprint density at radius 3 is 2.44 bits per heavy atom. The summed E-state index contributed by atoms with van der Waals surface area (Å²) in [5, 5.41) is 1.01. The number of pyridine rings is 1. The van der Waals surface area contributed by atoms with E-state index in [0.29, 0.717) is 27.6 Å². The SMILES string of the molecule is CC.CSc1ncc2c(=O)n(C(C)C)n(-c3ccnc(C(C)(C)F)c3)c2n1. The van der Waals surface area contributed by atoms with Gasteiger partial charge in [-0.25, -0.2) is 23.7 Å². The first-order valence-corrected chi connectivity index (χ1v) is 10.2. The van der Waals surface area contributed by atoms with Gasteiger partial charge in [0.05, 0.1) is 11.4 Å². The maximum absolute atomic E-state index is 14.3. The van der Waals surface area contributed by atoms with Gasteiger partial charge in [0.2, 0.25) is 0 Å². The molecule has 146 valence electrons. The number of aromatic nitrogens is 5. The molecule has 3 aromatic heterocycles. The number of nitrogens with zero attached hydrogens (tertiary/aromatic N) is 5. The summed E-state index contributed by atoms with van der Waals surface area (Å²) in [5.74, 6) is 0. The highest BCUT2D eigenvalue weighted by Gasteiger charge is 2.23. The number of halogens is 1. The molecule has 0 aliphatic rings. The molecule has 0 spiro atoms. The van der Waals surface area contributed by atoms with E-state index in [9.17, 15) is 9.18 Å². The van der Waals surface area contributed by atoms with Crippen molar-refractivity contribution in [2.24, 2.45) is 0 Å². The average Bonchev–Trinajstić information content (AvgIpc) is 2.95. The van der Waals surface area contributed by atoms with Gasteiger partial charge < -0.3 is 0 Å². The molecule has 6 nitrogen and oxygen atoms in total. The standard InChI is InChI=1S/C17H20FN5OS.C2H6/c1-10(2)22-15(24)12-9-20-16(25-5)21-14(12)23(22)11-6-7-19-13(8-11)17(3,4)18;1-2/h6-10H,1-5H3;1-2H3. The van der Waals surface area contributed by atoms with Gasteiger partial charge in [0.1, 0.15) is 11.1 Å². The summed E-state index contributed by atoms with van der Waals surface area (Å²) in [7, 11) is 0. The van der Waals surface area contributed by atoms with Crippen LogP contribution in [0.1, 0.15) is 53.3 Å². The molecule has 3 heterocycles. The summed E-state index contributed by atoms with van der Waals surface area (Å²) in [6, 6.07) is 3.29. The maximum atomic E-state index is 14.3. The molecule has 0 bridgehead atoms. The minimum absolute atomic E-state index is 0.102. The lowest BCUT2D eigenvalue weighted by atomic mass is 10.1. The second-order valence-electron chi connectivity index (χ2n) is 6.52. The summed E-state index contributed by atoms with van der Waals surface area (Å²) < 4.78 is 17.7. The Morgan fingerprint density at radius 1 is 1.22 bits per heavy atom. The van der Waals surface area contributed by atoms with Crippen LogP contribution in [0.5, 0.6) is 0 Å². The lowest BCUT2D eigenvalue weighted by molar-refractivity contribution is 0.214. The van der Waals surface area contributed by atoms with E-state index in [4.69, 9.17) is 0 Å². The fourth-order valence-electron chi connectivity index (χ4n) is 2.67. The van der Waals surface area contributed by atoms with Crippen LogP contribution in [0.15, 0.2) is 34.5 Å². The minimum atomic E-state index is -1.58. The zero-order valence-corrected chi connectivity index (χ0v) is 17.6. The average molecular weight is 392 g/mol. The van der Waals surface area contributed by atoms with Gasteiger partial charge in [0.15, 0.2) is 10.8 Å². The third-order valence-electron chi connectivity index (χ3n) is 3.87. The molecule has 3 aromatic rings. The number of alkyl halides is 1. The first kappa shape index (κ1) is 21.1. The highest BCUT2D eigenvalue weighted by atomic mass is 32.2. The Morgan fingerprint density at radius 2 is 1.89 bits per heavy atom. The molecule has 0 amide bonds. The zero-order chi connectivity index (χ0) is 20.4. The van der Waals surface area contributed by atoms with Crippen molar-refractivity contribution in [2.45, 2.75) is 58.4 Å². The molecule has 0 aliphatic carbocycles. The fourth-order valence-corrected chi connectivity index (χ4v) is 3.01. The molecule has 0 aliphatic heterocycles. The normalized spacial score (nSPS) is 11.6. The number of hydrogen-bond acceptors (Lipinski definition) is 5. The van der Waals surface area contributed by atoms with Crippen LogP contribution in [0.3, 0.4) is 0 Å². The Bertz CT molecular complexity index is 988. The van der Waals surface area contributed by atoms with E-state index in [1.165, 1.54) is 25.6 Å². The molecule has 0 unspecified atom stereocenters. The first-order chi connectivity index (χ1) is 12.7. The number of fused-ring (bicyclic) bond motifs is 1. The van der Waals surface area contributed by atoms with Crippen LogP contribution in [0.2, 0.25) is 0 Å². The summed E-state index contributed by atoms with van der Waals surface area (Å²) in [6.07, 6.45) is 4.97. The van der Waals surface area contributed by atoms with Crippen molar-refractivity contribution in [3.8, 4) is 5.69 Å².